The minimum Gasteiger partial charge on any atom is -0.497 e. The molecule has 1 unspecified atom stereocenters. The van der Waals surface area contributed by atoms with E-state index in [0.717, 1.165) is 37.4 Å². The third-order valence-electron chi connectivity index (χ3n) is 3.11. The number of hydrogen-bond acceptors (Lipinski definition) is 4. The van der Waals surface area contributed by atoms with Gasteiger partial charge in [-0.15, -0.1) is 0 Å². The molecule has 0 radical (unpaired) electrons. The Morgan fingerprint density at radius 3 is 2.72 bits per heavy atom. The van der Waals surface area contributed by atoms with E-state index in [1.807, 2.05) is 24.3 Å². The van der Waals surface area contributed by atoms with E-state index in [2.05, 4.69) is 11.5 Å². The number of benzene rings is 1. The SMILES string of the molecule is COc1ccc(CC(NN)C2=CCCCO2)cc1. The molecular weight excluding hydrogens is 228 g/mol. The predicted molar refractivity (Wildman–Crippen MR) is 71.1 cm³/mol. The van der Waals surface area contributed by atoms with Gasteiger partial charge in [0.1, 0.15) is 11.5 Å². The molecule has 98 valence electrons. The second-order valence-corrected chi connectivity index (χ2v) is 4.37. The van der Waals surface area contributed by atoms with Gasteiger partial charge in [0.15, 0.2) is 0 Å². The predicted octanol–water partition coefficient (Wildman–Crippen LogP) is 1.76. The summed E-state index contributed by atoms with van der Waals surface area (Å²) >= 11 is 0. The number of methoxy groups -OCH3 is 1. The lowest BCUT2D eigenvalue weighted by Gasteiger charge is -2.23. The smallest absolute Gasteiger partial charge is 0.118 e. The van der Waals surface area contributed by atoms with Gasteiger partial charge in [0.2, 0.25) is 0 Å². The lowest BCUT2D eigenvalue weighted by molar-refractivity contribution is 0.167. The maximum Gasteiger partial charge on any atom is 0.118 e. The van der Waals surface area contributed by atoms with Gasteiger partial charge >= 0.3 is 0 Å². The third kappa shape index (κ3) is 3.24. The first-order valence-corrected chi connectivity index (χ1v) is 6.25. The highest BCUT2D eigenvalue weighted by Crippen LogP contribution is 2.18. The Kier molecular flexibility index (Phi) is 4.61. The van der Waals surface area contributed by atoms with Gasteiger partial charge in [-0.1, -0.05) is 12.1 Å². The molecule has 1 aromatic carbocycles. The molecule has 2 rings (SSSR count). The average Bonchev–Trinajstić information content (AvgIpc) is 2.46. The highest BCUT2D eigenvalue weighted by molar-refractivity contribution is 5.28. The average molecular weight is 248 g/mol. The van der Waals surface area contributed by atoms with Crippen LogP contribution in [0.1, 0.15) is 18.4 Å². The molecule has 0 saturated heterocycles. The van der Waals surface area contributed by atoms with Crippen LogP contribution >= 0.6 is 0 Å². The van der Waals surface area contributed by atoms with Crippen molar-refractivity contribution in [3.63, 3.8) is 0 Å². The van der Waals surface area contributed by atoms with E-state index in [1.165, 1.54) is 5.56 Å². The Hall–Kier alpha value is -1.52. The first-order chi connectivity index (χ1) is 8.83. The number of nitrogens with one attached hydrogen (secondary N) is 1. The maximum atomic E-state index is 5.64. The van der Waals surface area contributed by atoms with E-state index in [0.29, 0.717) is 0 Å². The van der Waals surface area contributed by atoms with Crippen LogP contribution in [0, 0.1) is 0 Å². The quantitative estimate of drug-likeness (QED) is 0.616. The molecule has 1 aromatic rings. The van der Waals surface area contributed by atoms with Crippen molar-refractivity contribution in [2.45, 2.75) is 25.3 Å². The van der Waals surface area contributed by atoms with E-state index >= 15 is 0 Å². The summed E-state index contributed by atoms with van der Waals surface area (Å²) < 4.78 is 10.8. The van der Waals surface area contributed by atoms with Crippen LogP contribution < -0.4 is 16.0 Å². The number of allylic oxidation sites excluding steroid dienone is 1. The Morgan fingerprint density at radius 2 is 2.17 bits per heavy atom. The Bertz CT molecular complexity index is 401. The first kappa shape index (κ1) is 12.9. The largest absolute Gasteiger partial charge is 0.497 e. The van der Waals surface area contributed by atoms with Crippen molar-refractivity contribution in [1.29, 1.82) is 0 Å². The van der Waals surface area contributed by atoms with Gasteiger partial charge in [0, 0.05) is 0 Å². The van der Waals surface area contributed by atoms with Gasteiger partial charge in [0.05, 0.1) is 19.8 Å². The summed E-state index contributed by atoms with van der Waals surface area (Å²) in [6.07, 6.45) is 5.09. The fourth-order valence-corrected chi connectivity index (χ4v) is 2.06. The van der Waals surface area contributed by atoms with Crippen LogP contribution in [0.3, 0.4) is 0 Å². The number of hydrogen-bond donors (Lipinski definition) is 2. The molecule has 4 nitrogen and oxygen atoms in total. The van der Waals surface area contributed by atoms with E-state index in [4.69, 9.17) is 15.3 Å². The van der Waals surface area contributed by atoms with Gasteiger partial charge < -0.3 is 9.47 Å². The number of ether oxygens (including phenoxy) is 2. The fourth-order valence-electron chi connectivity index (χ4n) is 2.06. The van der Waals surface area contributed by atoms with Crippen molar-refractivity contribution < 1.29 is 9.47 Å². The third-order valence-corrected chi connectivity index (χ3v) is 3.11. The summed E-state index contributed by atoms with van der Waals surface area (Å²) in [6, 6.07) is 8.05. The van der Waals surface area contributed by atoms with Crippen molar-refractivity contribution >= 4 is 0 Å². The fraction of sp³-hybridized carbons (Fsp3) is 0.429. The van der Waals surface area contributed by atoms with Gasteiger partial charge in [-0.3, -0.25) is 5.84 Å². The number of nitrogens with two attached hydrogens (primary N) is 1. The topological polar surface area (TPSA) is 56.5 Å². The molecular formula is C14H20N2O2. The van der Waals surface area contributed by atoms with E-state index in [-0.39, 0.29) is 6.04 Å². The zero-order valence-corrected chi connectivity index (χ0v) is 10.7. The maximum absolute atomic E-state index is 5.64. The molecule has 4 heteroatoms. The summed E-state index contributed by atoms with van der Waals surface area (Å²) in [5, 5.41) is 0. The Morgan fingerprint density at radius 1 is 1.39 bits per heavy atom. The minimum atomic E-state index is 0.0405. The zero-order chi connectivity index (χ0) is 12.8. The van der Waals surface area contributed by atoms with Crippen molar-refractivity contribution in [2.24, 2.45) is 5.84 Å². The van der Waals surface area contributed by atoms with Gasteiger partial charge in [-0.25, -0.2) is 5.43 Å². The van der Waals surface area contributed by atoms with Crippen molar-refractivity contribution in [1.82, 2.24) is 5.43 Å². The standard InChI is InChI=1S/C14H20N2O2/c1-17-12-7-5-11(6-8-12)10-13(16-15)14-4-2-3-9-18-14/h4-8,13,16H,2-3,9-10,15H2,1H3. The van der Waals surface area contributed by atoms with E-state index in [1.54, 1.807) is 7.11 Å². The minimum absolute atomic E-state index is 0.0405. The Balaban J connectivity index is 2.02. The molecule has 1 aliphatic rings. The van der Waals surface area contributed by atoms with Crippen molar-refractivity contribution in [2.75, 3.05) is 13.7 Å². The highest BCUT2D eigenvalue weighted by atomic mass is 16.5. The molecule has 1 heterocycles. The molecule has 0 bridgehead atoms. The normalized spacial score (nSPS) is 16.7. The monoisotopic (exact) mass is 248 g/mol. The molecule has 1 aliphatic heterocycles. The van der Waals surface area contributed by atoms with Crippen LogP contribution in [-0.4, -0.2) is 19.8 Å². The summed E-state index contributed by atoms with van der Waals surface area (Å²) in [4.78, 5) is 0. The van der Waals surface area contributed by atoms with Crippen molar-refractivity contribution in [3.8, 4) is 5.75 Å². The molecule has 18 heavy (non-hydrogen) atoms. The Labute approximate surface area is 108 Å². The van der Waals surface area contributed by atoms with Crippen LogP contribution in [0.15, 0.2) is 36.1 Å². The van der Waals surface area contributed by atoms with Crippen LogP contribution in [0.4, 0.5) is 0 Å². The lowest BCUT2D eigenvalue weighted by atomic mass is 10.0. The highest BCUT2D eigenvalue weighted by Gasteiger charge is 2.16. The first-order valence-electron chi connectivity index (χ1n) is 6.25. The van der Waals surface area contributed by atoms with Crippen LogP contribution in [-0.2, 0) is 11.2 Å². The second kappa shape index (κ2) is 6.42. The van der Waals surface area contributed by atoms with Crippen LogP contribution in [0.2, 0.25) is 0 Å². The molecule has 0 aromatic heterocycles. The number of hydrazine groups is 1. The molecule has 0 saturated carbocycles. The van der Waals surface area contributed by atoms with E-state index < -0.39 is 0 Å². The summed E-state index contributed by atoms with van der Waals surface area (Å²) in [5.74, 6) is 7.43. The van der Waals surface area contributed by atoms with Crippen LogP contribution in [0.5, 0.6) is 5.75 Å². The molecule has 0 fully saturated rings. The summed E-state index contributed by atoms with van der Waals surface area (Å²) in [7, 11) is 1.67. The summed E-state index contributed by atoms with van der Waals surface area (Å²) in [6.45, 7) is 0.784. The zero-order valence-electron chi connectivity index (χ0n) is 10.7. The van der Waals surface area contributed by atoms with Crippen LogP contribution in [0.25, 0.3) is 0 Å². The van der Waals surface area contributed by atoms with E-state index in [9.17, 15) is 0 Å². The second-order valence-electron chi connectivity index (χ2n) is 4.37. The van der Waals surface area contributed by atoms with Gasteiger partial charge in [0.25, 0.3) is 0 Å². The van der Waals surface area contributed by atoms with Crippen molar-refractivity contribution in [3.05, 3.63) is 41.7 Å². The lowest BCUT2D eigenvalue weighted by Crippen LogP contribution is -2.39. The molecule has 0 spiro atoms. The molecule has 0 aliphatic carbocycles. The van der Waals surface area contributed by atoms with Gasteiger partial charge in [-0.05, 0) is 43.0 Å². The number of rotatable bonds is 5. The molecule has 1 atom stereocenters. The summed E-state index contributed by atoms with van der Waals surface area (Å²) in [5.41, 5.74) is 4.03. The molecule has 3 N–H and O–H groups in total. The van der Waals surface area contributed by atoms with Gasteiger partial charge in [-0.2, -0.15) is 0 Å². The molecule has 0 amide bonds.